The molecule has 0 aliphatic carbocycles. The molecule has 7 nitrogen and oxygen atoms in total. The van der Waals surface area contributed by atoms with Crippen molar-refractivity contribution in [1.82, 2.24) is 0 Å². The van der Waals surface area contributed by atoms with E-state index in [1.165, 1.54) is 0 Å². The highest BCUT2D eigenvalue weighted by Crippen LogP contribution is 2.39. The van der Waals surface area contributed by atoms with E-state index in [9.17, 15) is 4.79 Å². The molecule has 2 saturated heterocycles. The van der Waals surface area contributed by atoms with Crippen LogP contribution >= 0.6 is 0 Å². The summed E-state index contributed by atoms with van der Waals surface area (Å²) in [6.07, 6.45) is 11.9. The second-order valence-corrected chi connectivity index (χ2v) is 9.76. The van der Waals surface area contributed by atoms with E-state index in [-0.39, 0.29) is 67.3 Å². The zero-order valence-corrected chi connectivity index (χ0v) is 19.6. The molecule has 35 heavy (non-hydrogen) atoms. The van der Waals surface area contributed by atoms with Crippen molar-refractivity contribution >= 4 is 5.78 Å². The van der Waals surface area contributed by atoms with E-state index < -0.39 is 0 Å². The van der Waals surface area contributed by atoms with Gasteiger partial charge >= 0.3 is 0 Å². The fourth-order valence-electron chi connectivity index (χ4n) is 5.65. The van der Waals surface area contributed by atoms with Gasteiger partial charge in [0.2, 0.25) is 0 Å². The first kappa shape index (κ1) is 23.3. The van der Waals surface area contributed by atoms with Crippen molar-refractivity contribution in [2.45, 2.75) is 80.8 Å². The first-order valence-corrected chi connectivity index (χ1v) is 12.6. The minimum absolute atomic E-state index is 0.0276. The summed E-state index contributed by atoms with van der Waals surface area (Å²) < 4.78 is 38.3. The molecule has 0 spiro atoms. The van der Waals surface area contributed by atoms with Crippen LogP contribution in [0.5, 0.6) is 0 Å². The van der Waals surface area contributed by atoms with E-state index in [2.05, 4.69) is 18.2 Å². The van der Waals surface area contributed by atoms with Crippen molar-refractivity contribution in [2.75, 3.05) is 13.2 Å². The van der Waals surface area contributed by atoms with Gasteiger partial charge in [0.05, 0.1) is 37.6 Å². The van der Waals surface area contributed by atoms with E-state index in [1.54, 1.807) is 6.08 Å². The van der Waals surface area contributed by atoms with Gasteiger partial charge in [-0.3, -0.25) is 4.79 Å². The Bertz CT molecular complexity index is 973. The van der Waals surface area contributed by atoms with Crippen LogP contribution in [0.3, 0.4) is 0 Å². The lowest BCUT2D eigenvalue weighted by molar-refractivity contribution is -0.295. The molecule has 0 amide bonds. The molecule has 5 aliphatic rings. The molecule has 7 heteroatoms. The average molecular weight is 481 g/mol. The molecule has 1 aromatic rings. The van der Waals surface area contributed by atoms with Gasteiger partial charge in [-0.1, -0.05) is 60.7 Å². The number of hydrogen-bond acceptors (Lipinski definition) is 7. The maximum atomic E-state index is 11.8. The standard InChI is InChI=1S/C28H32O7/c29-19-9-6-11-21-20(31-17-19)12-13-22-24(33-21)15-25-27(35-22)28(32-16-18-7-2-1-3-8-18)26-23(34-25)10-4-5-14-30-26/h1-9,12-13,20-28H,10-11,14-17H2/b9-6-/t20-,21+,22+,23-,24-,25+,26-,27+,28+/m0/s1. The molecule has 5 aliphatic heterocycles. The van der Waals surface area contributed by atoms with E-state index in [0.717, 1.165) is 12.0 Å². The Labute approximate surface area is 205 Å². The van der Waals surface area contributed by atoms with Gasteiger partial charge in [-0.05, 0) is 24.5 Å². The maximum Gasteiger partial charge on any atom is 0.180 e. The van der Waals surface area contributed by atoms with Crippen LogP contribution in [0, 0.1) is 0 Å². The Morgan fingerprint density at radius 3 is 2.54 bits per heavy atom. The van der Waals surface area contributed by atoms with Gasteiger partial charge in [-0.25, -0.2) is 0 Å². The summed E-state index contributed by atoms with van der Waals surface area (Å²) in [5.41, 5.74) is 1.11. The summed E-state index contributed by atoms with van der Waals surface area (Å²) in [6.45, 7) is 1.07. The van der Waals surface area contributed by atoms with Crippen molar-refractivity contribution in [2.24, 2.45) is 0 Å². The molecule has 2 fully saturated rings. The predicted molar refractivity (Wildman–Crippen MR) is 127 cm³/mol. The van der Waals surface area contributed by atoms with Crippen LogP contribution in [0.1, 0.15) is 24.8 Å². The molecule has 9 atom stereocenters. The number of hydrogen-bond donors (Lipinski definition) is 0. The first-order valence-electron chi connectivity index (χ1n) is 12.6. The van der Waals surface area contributed by atoms with Crippen LogP contribution in [0.15, 0.2) is 66.8 Å². The van der Waals surface area contributed by atoms with Crippen molar-refractivity contribution in [1.29, 1.82) is 0 Å². The fraction of sp³-hybridized carbons (Fsp3) is 0.536. The summed E-state index contributed by atoms with van der Waals surface area (Å²) in [5.74, 6) is -0.0276. The lowest BCUT2D eigenvalue weighted by Gasteiger charge is -2.50. The Morgan fingerprint density at radius 1 is 0.800 bits per heavy atom. The normalized spacial score (nSPS) is 41.7. The summed E-state index contributed by atoms with van der Waals surface area (Å²) >= 11 is 0. The highest BCUT2D eigenvalue weighted by molar-refractivity contribution is 5.90. The number of ether oxygens (including phenoxy) is 6. The van der Waals surface area contributed by atoms with Crippen LogP contribution in [0.25, 0.3) is 0 Å². The molecule has 0 bridgehead atoms. The first-order chi connectivity index (χ1) is 17.2. The van der Waals surface area contributed by atoms with Gasteiger partial charge in [0.15, 0.2) is 5.78 Å². The maximum absolute atomic E-state index is 11.8. The van der Waals surface area contributed by atoms with Crippen molar-refractivity contribution in [3.63, 3.8) is 0 Å². The molecular weight excluding hydrogens is 448 g/mol. The second-order valence-electron chi connectivity index (χ2n) is 9.76. The Balaban J connectivity index is 1.23. The van der Waals surface area contributed by atoms with Crippen LogP contribution in [0.4, 0.5) is 0 Å². The van der Waals surface area contributed by atoms with Gasteiger partial charge in [0, 0.05) is 6.42 Å². The monoisotopic (exact) mass is 480 g/mol. The highest BCUT2D eigenvalue weighted by Gasteiger charge is 2.53. The van der Waals surface area contributed by atoms with Crippen LogP contribution in [-0.4, -0.2) is 73.9 Å². The van der Waals surface area contributed by atoms with Gasteiger partial charge < -0.3 is 28.4 Å². The van der Waals surface area contributed by atoms with E-state index in [4.69, 9.17) is 28.4 Å². The van der Waals surface area contributed by atoms with Gasteiger partial charge in [-0.15, -0.1) is 0 Å². The largest absolute Gasteiger partial charge is 0.369 e. The number of benzene rings is 1. The summed E-state index contributed by atoms with van der Waals surface area (Å²) in [6, 6.07) is 10.2. The Hall–Kier alpha value is -2.13. The molecule has 6 rings (SSSR count). The van der Waals surface area contributed by atoms with Crippen LogP contribution in [-0.2, 0) is 39.8 Å². The zero-order chi connectivity index (χ0) is 23.6. The number of carbonyl (C=O) groups is 1. The van der Waals surface area contributed by atoms with Gasteiger partial charge in [0.25, 0.3) is 0 Å². The lowest BCUT2D eigenvalue weighted by Crippen LogP contribution is -2.64. The predicted octanol–water partition coefficient (Wildman–Crippen LogP) is 3.08. The third-order valence-electron chi connectivity index (χ3n) is 7.38. The summed E-state index contributed by atoms with van der Waals surface area (Å²) in [7, 11) is 0. The van der Waals surface area contributed by atoms with Crippen molar-refractivity contribution in [3.05, 3.63) is 72.4 Å². The molecule has 5 heterocycles. The molecule has 0 unspecified atom stereocenters. The topological polar surface area (TPSA) is 72.5 Å². The summed E-state index contributed by atoms with van der Waals surface area (Å²) in [5, 5.41) is 0. The van der Waals surface area contributed by atoms with E-state index in [1.807, 2.05) is 42.5 Å². The SMILES string of the molecule is O=C1/C=C\C[C@H]2O[C@H]3C[C@H]4O[C@H]5CC=CCO[C@@H]5[C@@H](OCc5ccccc5)[C@@H]4O[C@@H]3C=C[C@@H]2OC1. The Morgan fingerprint density at radius 2 is 1.63 bits per heavy atom. The van der Waals surface area contributed by atoms with Gasteiger partial charge in [0.1, 0.15) is 37.1 Å². The van der Waals surface area contributed by atoms with E-state index in [0.29, 0.717) is 26.1 Å². The van der Waals surface area contributed by atoms with Gasteiger partial charge in [-0.2, -0.15) is 0 Å². The molecule has 186 valence electrons. The quantitative estimate of drug-likeness (QED) is 0.616. The highest BCUT2D eigenvalue weighted by atomic mass is 16.6. The third-order valence-corrected chi connectivity index (χ3v) is 7.38. The molecule has 0 aromatic heterocycles. The number of carbonyl (C=O) groups excluding carboxylic acids is 1. The number of fused-ring (bicyclic) bond motifs is 4. The zero-order valence-electron chi connectivity index (χ0n) is 19.6. The summed E-state index contributed by atoms with van der Waals surface area (Å²) in [4.78, 5) is 11.8. The molecular formula is C28H32O7. The minimum atomic E-state index is -0.286. The number of ketones is 1. The average Bonchev–Trinajstić information content (AvgIpc) is 3.19. The van der Waals surface area contributed by atoms with Crippen molar-refractivity contribution in [3.8, 4) is 0 Å². The van der Waals surface area contributed by atoms with E-state index >= 15 is 0 Å². The lowest BCUT2D eigenvalue weighted by atomic mass is 9.87. The van der Waals surface area contributed by atoms with Crippen LogP contribution < -0.4 is 0 Å². The molecule has 0 radical (unpaired) electrons. The third kappa shape index (κ3) is 5.07. The van der Waals surface area contributed by atoms with Crippen LogP contribution in [0.2, 0.25) is 0 Å². The fourth-order valence-corrected chi connectivity index (χ4v) is 5.65. The number of rotatable bonds is 3. The molecule has 1 aromatic carbocycles. The molecule has 0 saturated carbocycles. The smallest absolute Gasteiger partial charge is 0.180 e. The molecule has 0 N–H and O–H groups in total. The van der Waals surface area contributed by atoms with Crippen molar-refractivity contribution < 1.29 is 33.2 Å². The Kier molecular flexibility index (Phi) is 6.96. The second kappa shape index (κ2) is 10.5. The minimum Gasteiger partial charge on any atom is -0.369 e.